The maximum absolute atomic E-state index is 11.1. The van der Waals surface area contributed by atoms with E-state index in [1.54, 1.807) is 0 Å². The Morgan fingerprint density at radius 3 is 2.42 bits per heavy atom. The summed E-state index contributed by atoms with van der Waals surface area (Å²) in [6.45, 7) is 0.0521. The molecule has 0 aliphatic rings. The van der Waals surface area contributed by atoms with E-state index in [9.17, 15) is 13.2 Å². The summed E-state index contributed by atoms with van der Waals surface area (Å²) in [6.07, 6.45) is 0.413. The molecule has 0 saturated heterocycles. The van der Waals surface area contributed by atoms with Gasteiger partial charge in [0.1, 0.15) is 0 Å². The number of likely N-dealkylation sites (N-methyl/N-ethyl adjacent to an activating group) is 1. The SMILES string of the molecule is CN(C(=O)O)C(CNS(C)(=O)=O)Cc1ccccc1. The zero-order chi connectivity index (χ0) is 14.5. The molecule has 0 saturated carbocycles. The van der Waals surface area contributed by atoms with Crippen molar-refractivity contribution in [1.82, 2.24) is 9.62 Å². The second kappa shape index (κ2) is 6.53. The first-order valence-corrected chi connectivity index (χ1v) is 7.63. The van der Waals surface area contributed by atoms with E-state index in [-0.39, 0.29) is 6.54 Å². The van der Waals surface area contributed by atoms with Crippen LogP contribution in [-0.4, -0.2) is 50.4 Å². The van der Waals surface area contributed by atoms with Crippen LogP contribution >= 0.6 is 0 Å². The molecular formula is C12H18N2O4S. The highest BCUT2D eigenvalue weighted by molar-refractivity contribution is 7.88. The van der Waals surface area contributed by atoms with E-state index >= 15 is 0 Å². The van der Waals surface area contributed by atoms with Crippen molar-refractivity contribution in [3.05, 3.63) is 35.9 Å². The Balaban J connectivity index is 2.78. The lowest BCUT2D eigenvalue weighted by Gasteiger charge is -2.25. The molecule has 1 aromatic rings. The van der Waals surface area contributed by atoms with Crippen LogP contribution < -0.4 is 4.72 Å². The van der Waals surface area contributed by atoms with Gasteiger partial charge >= 0.3 is 6.09 Å². The molecule has 1 rings (SSSR count). The molecule has 1 amide bonds. The van der Waals surface area contributed by atoms with Gasteiger partial charge in [0.05, 0.1) is 12.3 Å². The average molecular weight is 286 g/mol. The standard InChI is InChI=1S/C12H18N2O4S/c1-14(12(15)16)11(9-13-19(2,17)18)8-10-6-4-3-5-7-10/h3-7,11,13H,8-9H2,1-2H3,(H,15,16). The first kappa shape index (κ1) is 15.5. The van der Waals surface area contributed by atoms with E-state index in [1.165, 1.54) is 7.05 Å². The first-order valence-electron chi connectivity index (χ1n) is 5.74. The number of amides is 1. The van der Waals surface area contributed by atoms with Crippen LogP contribution in [0.1, 0.15) is 5.56 Å². The summed E-state index contributed by atoms with van der Waals surface area (Å²) in [5.74, 6) is 0. The lowest BCUT2D eigenvalue weighted by atomic mass is 10.1. The molecule has 0 aliphatic carbocycles. The molecule has 0 heterocycles. The zero-order valence-electron chi connectivity index (χ0n) is 10.9. The van der Waals surface area contributed by atoms with Gasteiger partial charge in [0.25, 0.3) is 0 Å². The highest BCUT2D eigenvalue weighted by Gasteiger charge is 2.20. The normalized spacial score (nSPS) is 12.9. The number of hydrogen-bond acceptors (Lipinski definition) is 3. The number of nitrogens with one attached hydrogen (secondary N) is 1. The maximum Gasteiger partial charge on any atom is 0.407 e. The van der Waals surface area contributed by atoms with Gasteiger partial charge in [-0.1, -0.05) is 30.3 Å². The van der Waals surface area contributed by atoms with Crippen molar-refractivity contribution in [2.45, 2.75) is 12.5 Å². The highest BCUT2D eigenvalue weighted by atomic mass is 32.2. The van der Waals surface area contributed by atoms with E-state index in [0.29, 0.717) is 6.42 Å². The van der Waals surface area contributed by atoms with Gasteiger partial charge in [-0.25, -0.2) is 17.9 Å². The Bertz CT molecular complexity index is 516. The molecule has 0 radical (unpaired) electrons. The molecule has 106 valence electrons. The molecule has 7 heteroatoms. The van der Waals surface area contributed by atoms with Crippen LogP contribution in [-0.2, 0) is 16.4 Å². The van der Waals surface area contributed by atoms with E-state index in [4.69, 9.17) is 5.11 Å². The smallest absolute Gasteiger partial charge is 0.407 e. The lowest BCUT2D eigenvalue weighted by molar-refractivity contribution is 0.138. The Morgan fingerprint density at radius 1 is 1.37 bits per heavy atom. The van der Waals surface area contributed by atoms with Crippen molar-refractivity contribution in [2.24, 2.45) is 0 Å². The number of rotatable bonds is 6. The third-order valence-electron chi connectivity index (χ3n) is 2.74. The quantitative estimate of drug-likeness (QED) is 0.808. The number of carboxylic acid groups (broad SMARTS) is 1. The fourth-order valence-electron chi connectivity index (χ4n) is 1.64. The summed E-state index contributed by atoms with van der Waals surface area (Å²) in [6, 6.07) is 8.89. The predicted octanol–water partition coefficient (Wildman–Crippen LogP) is 0.757. The van der Waals surface area contributed by atoms with Gasteiger partial charge in [0.15, 0.2) is 0 Å². The first-order chi connectivity index (χ1) is 8.79. The molecule has 1 unspecified atom stereocenters. The molecule has 1 atom stereocenters. The summed E-state index contributed by atoms with van der Waals surface area (Å²) in [5.41, 5.74) is 0.955. The van der Waals surface area contributed by atoms with E-state index in [0.717, 1.165) is 16.7 Å². The minimum atomic E-state index is -3.34. The molecule has 19 heavy (non-hydrogen) atoms. The fourth-order valence-corrected chi connectivity index (χ4v) is 2.13. The van der Waals surface area contributed by atoms with Crippen molar-refractivity contribution >= 4 is 16.1 Å². The maximum atomic E-state index is 11.1. The van der Waals surface area contributed by atoms with Crippen molar-refractivity contribution in [3.63, 3.8) is 0 Å². The van der Waals surface area contributed by atoms with Gasteiger partial charge in [0, 0.05) is 13.6 Å². The van der Waals surface area contributed by atoms with Crippen LogP contribution in [0.3, 0.4) is 0 Å². The third-order valence-corrected chi connectivity index (χ3v) is 3.44. The van der Waals surface area contributed by atoms with Gasteiger partial charge in [-0.15, -0.1) is 0 Å². The van der Waals surface area contributed by atoms with Gasteiger partial charge in [-0.2, -0.15) is 0 Å². The summed E-state index contributed by atoms with van der Waals surface area (Å²) in [5, 5.41) is 9.01. The van der Waals surface area contributed by atoms with Gasteiger partial charge < -0.3 is 10.0 Å². The molecule has 0 aromatic heterocycles. The van der Waals surface area contributed by atoms with Crippen LogP contribution in [0.4, 0.5) is 4.79 Å². The largest absolute Gasteiger partial charge is 0.465 e. The lowest BCUT2D eigenvalue weighted by Crippen LogP contribution is -2.45. The molecule has 0 bridgehead atoms. The minimum absolute atomic E-state index is 0.0521. The number of nitrogens with zero attached hydrogens (tertiary/aromatic N) is 1. The van der Waals surface area contributed by atoms with Crippen molar-refractivity contribution in [2.75, 3.05) is 19.8 Å². The number of carbonyl (C=O) groups is 1. The van der Waals surface area contributed by atoms with Gasteiger partial charge in [-0.05, 0) is 12.0 Å². The van der Waals surface area contributed by atoms with Crippen LogP contribution in [0.25, 0.3) is 0 Å². The molecule has 1 aromatic carbocycles. The fraction of sp³-hybridized carbons (Fsp3) is 0.417. The predicted molar refractivity (Wildman–Crippen MR) is 72.6 cm³/mol. The Morgan fingerprint density at radius 2 is 1.95 bits per heavy atom. The van der Waals surface area contributed by atoms with Crippen LogP contribution in [0.5, 0.6) is 0 Å². The van der Waals surface area contributed by atoms with E-state index < -0.39 is 22.2 Å². The molecule has 2 N–H and O–H groups in total. The zero-order valence-corrected chi connectivity index (χ0v) is 11.7. The molecule has 0 spiro atoms. The Kier molecular flexibility index (Phi) is 5.31. The van der Waals surface area contributed by atoms with Crippen LogP contribution in [0.2, 0.25) is 0 Å². The summed E-state index contributed by atoms with van der Waals surface area (Å²) < 4.78 is 24.6. The number of benzene rings is 1. The second-order valence-electron chi connectivity index (χ2n) is 4.36. The van der Waals surface area contributed by atoms with Crippen molar-refractivity contribution in [3.8, 4) is 0 Å². The second-order valence-corrected chi connectivity index (χ2v) is 6.19. The van der Waals surface area contributed by atoms with E-state index in [2.05, 4.69) is 4.72 Å². The minimum Gasteiger partial charge on any atom is -0.465 e. The van der Waals surface area contributed by atoms with Gasteiger partial charge in [0.2, 0.25) is 10.0 Å². The van der Waals surface area contributed by atoms with Crippen LogP contribution in [0, 0.1) is 0 Å². The Hall–Kier alpha value is -1.60. The summed E-state index contributed by atoms with van der Waals surface area (Å²) in [7, 11) is -1.91. The molecule has 0 aliphatic heterocycles. The topological polar surface area (TPSA) is 86.7 Å². The third kappa shape index (κ3) is 5.71. The van der Waals surface area contributed by atoms with Gasteiger partial charge in [-0.3, -0.25) is 0 Å². The average Bonchev–Trinajstić information content (AvgIpc) is 2.33. The monoisotopic (exact) mass is 286 g/mol. The van der Waals surface area contributed by atoms with E-state index in [1.807, 2.05) is 30.3 Å². The summed E-state index contributed by atoms with van der Waals surface area (Å²) >= 11 is 0. The Labute approximate surface area is 113 Å². The summed E-state index contributed by atoms with van der Waals surface area (Å²) in [4.78, 5) is 12.1. The van der Waals surface area contributed by atoms with Crippen LogP contribution in [0.15, 0.2) is 30.3 Å². The van der Waals surface area contributed by atoms with Crippen molar-refractivity contribution < 1.29 is 18.3 Å². The highest BCUT2D eigenvalue weighted by Crippen LogP contribution is 2.08. The molecule has 0 fully saturated rings. The molecule has 6 nitrogen and oxygen atoms in total. The number of sulfonamides is 1. The van der Waals surface area contributed by atoms with Crippen molar-refractivity contribution in [1.29, 1.82) is 0 Å². The molecular weight excluding hydrogens is 268 g/mol. The number of hydrogen-bond donors (Lipinski definition) is 2.